The van der Waals surface area contributed by atoms with Crippen LogP contribution in [0.5, 0.6) is 0 Å². The zero-order valence-electron chi connectivity index (χ0n) is 17.5. The van der Waals surface area contributed by atoms with Crippen molar-refractivity contribution in [3.05, 3.63) is 35.3 Å². The Kier molecular flexibility index (Phi) is 4.61. The van der Waals surface area contributed by atoms with Crippen LogP contribution >= 0.6 is 0 Å². The molecule has 2 heterocycles. The molecule has 1 saturated heterocycles. The highest BCUT2D eigenvalue weighted by atomic mass is 16.7. The summed E-state index contributed by atoms with van der Waals surface area (Å²) in [5.41, 5.74) is 2.95. The minimum atomic E-state index is -0.454. The van der Waals surface area contributed by atoms with Gasteiger partial charge in [0.1, 0.15) is 0 Å². The fourth-order valence-corrected chi connectivity index (χ4v) is 4.33. The van der Waals surface area contributed by atoms with Gasteiger partial charge in [-0.1, -0.05) is 0 Å². The molecule has 0 radical (unpaired) electrons. The Morgan fingerprint density at radius 2 is 1.71 bits per heavy atom. The van der Waals surface area contributed by atoms with Crippen LogP contribution in [0.2, 0.25) is 0 Å². The van der Waals surface area contributed by atoms with Crippen molar-refractivity contribution in [2.75, 3.05) is 0 Å². The summed E-state index contributed by atoms with van der Waals surface area (Å²) < 4.78 is 15.0. The smallest absolute Gasteiger partial charge is 0.399 e. The lowest BCUT2D eigenvalue weighted by Gasteiger charge is -2.32. The Morgan fingerprint density at radius 1 is 1.11 bits per heavy atom. The first-order chi connectivity index (χ1) is 13.1. The van der Waals surface area contributed by atoms with Crippen LogP contribution in [0.25, 0.3) is 15.7 Å². The van der Waals surface area contributed by atoms with Gasteiger partial charge in [-0.15, -0.1) is 0 Å². The molecule has 1 saturated carbocycles. The number of aryl methyl sites for hydroxylation is 1. The molecule has 1 aromatic heterocycles. The van der Waals surface area contributed by atoms with Crippen molar-refractivity contribution in [2.45, 2.75) is 83.6 Å². The van der Waals surface area contributed by atoms with Crippen molar-refractivity contribution in [1.29, 1.82) is 0 Å². The van der Waals surface area contributed by atoms with Crippen LogP contribution in [0, 0.1) is 13.5 Å². The number of fused-ring (bicyclic) bond motifs is 1. The Morgan fingerprint density at radius 3 is 2.29 bits per heavy atom. The van der Waals surface area contributed by atoms with Crippen LogP contribution in [0.4, 0.5) is 5.69 Å². The van der Waals surface area contributed by atoms with Gasteiger partial charge in [0, 0.05) is 23.2 Å². The molecule has 0 spiro atoms. The summed E-state index contributed by atoms with van der Waals surface area (Å²) in [6, 6.07) is 4.44. The first kappa shape index (κ1) is 19.5. The Labute approximate surface area is 167 Å². The average molecular weight is 380 g/mol. The Hall–Kier alpha value is -1.81. The summed E-state index contributed by atoms with van der Waals surface area (Å²) >= 11 is 0. The molecular formula is C22H29BN2O3. The van der Waals surface area contributed by atoms with Gasteiger partial charge in [0.2, 0.25) is 0 Å². The topological polar surface area (TPSA) is 48.0 Å². The fraction of sp³-hybridized carbons (Fsp3) is 0.591. The molecule has 1 aromatic carbocycles. The highest BCUT2D eigenvalue weighted by Crippen LogP contribution is 2.39. The minimum absolute atomic E-state index is 0.184. The zero-order valence-corrected chi connectivity index (χ0v) is 17.5. The molecular weight excluding hydrogens is 351 g/mol. The second-order valence-corrected chi connectivity index (χ2v) is 9.31. The molecule has 2 fully saturated rings. The summed E-state index contributed by atoms with van der Waals surface area (Å²) in [4.78, 5) is 3.70. The van der Waals surface area contributed by atoms with Gasteiger partial charge in [-0.3, -0.25) is 0 Å². The molecule has 0 unspecified atom stereocenters. The van der Waals surface area contributed by atoms with E-state index >= 15 is 0 Å². The highest BCUT2D eigenvalue weighted by molar-refractivity contribution is 6.65. The van der Waals surface area contributed by atoms with Crippen LogP contribution < -0.4 is 5.46 Å². The first-order valence-electron chi connectivity index (χ1n) is 10.2. The van der Waals surface area contributed by atoms with Crippen molar-refractivity contribution in [1.82, 2.24) is 4.57 Å². The van der Waals surface area contributed by atoms with E-state index in [0.717, 1.165) is 47.6 Å². The predicted molar refractivity (Wildman–Crippen MR) is 112 cm³/mol. The van der Waals surface area contributed by atoms with Crippen LogP contribution in [-0.4, -0.2) is 34.1 Å². The lowest BCUT2D eigenvalue weighted by Crippen LogP contribution is -2.41. The van der Waals surface area contributed by atoms with Crippen molar-refractivity contribution in [3.8, 4) is 0 Å². The molecule has 6 heteroatoms. The quantitative estimate of drug-likeness (QED) is 0.625. The molecule has 2 aliphatic rings. The Balaban J connectivity index is 1.84. The predicted octanol–water partition coefficient (Wildman–Crippen LogP) is 4.28. The van der Waals surface area contributed by atoms with E-state index in [4.69, 9.17) is 15.9 Å². The van der Waals surface area contributed by atoms with Gasteiger partial charge in [-0.2, -0.15) is 0 Å². The number of nitrogens with zero attached hydrogens (tertiary/aromatic N) is 2. The van der Waals surface area contributed by atoms with Gasteiger partial charge in [-0.25, -0.2) is 4.85 Å². The number of aliphatic hydroxyl groups excluding tert-OH is 1. The second kappa shape index (κ2) is 6.62. The summed E-state index contributed by atoms with van der Waals surface area (Å²) in [7, 11) is -0.454. The zero-order chi connectivity index (χ0) is 20.3. The van der Waals surface area contributed by atoms with Crippen molar-refractivity contribution >= 4 is 29.2 Å². The number of benzene rings is 1. The van der Waals surface area contributed by atoms with Crippen LogP contribution in [-0.2, 0) is 9.31 Å². The van der Waals surface area contributed by atoms with Crippen LogP contribution in [0.3, 0.4) is 0 Å². The number of aliphatic hydroxyl groups is 1. The maximum absolute atomic E-state index is 9.91. The molecule has 1 aliphatic carbocycles. The molecule has 1 aliphatic heterocycles. The lowest BCUT2D eigenvalue weighted by molar-refractivity contribution is 0.00578. The largest absolute Gasteiger partial charge is 0.496 e. The van der Waals surface area contributed by atoms with Gasteiger partial charge in [-0.05, 0) is 83.4 Å². The number of hydrogen-bond donors (Lipinski definition) is 1. The molecule has 0 bridgehead atoms. The molecule has 4 rings (SSSR count). The van der Waals surface area contributed by atoms with Gasteiger partial charge < -0.3 is 19.0 Å². The van der Waals surface area contributed by atoms with Gasteiger partial charge in [0.05, 0.1) is 23.9 Å². The summed E-state index contributed by atoms with van der Waals surface area (Å²) in [6.07, 6.45) is 5.54. The lowest BCUT2D eigenvalue weighted by atomic mass is 9.79. The average Bonchev–Trinajstić information content (AvgIpc) is 3.08. The number of hydrogen-bond acceptors (Lipinski definition) is 3. The summed E-state index contributed by atoms with van der Waals surface area (Å²) in [5, 5.41) is 10.9. The third-order valence-corrected chi connectivity index (χ3v) is 6.87. The third kappa shape index (κ3) is 3.06. The van der Waals surface area contributed by atoms with E-state index in [1.165, 1.54) is 0 Å². The summed E-state index contributed by atoms with van der Waals surface area (Å²) in [5.74, 6) is 0. The molecule has 2 aromatic rings. The maximum atomic E-state index is 9.91. The highest BCUT2D eigenvalue weighted by Gasteiger charge is 2.52. The normalized spacial score (nSPS) is 26.5. The molecule has 0 amide bonds. The number of rotatable bonds is 2. The van der Waals surface area contributed by atoms with Gasteiger partial charge >= 0.3 is 7.12 Å². The van der Waals surface area contributed by atoms with E-state index in [9.17, 15) is 5.11 Å². The van der Waals surface area contributed by atoms with Crippen molar-refractivity contribution in [3.63, 3.8) is 0 Å². The number of aromatic nitrogens is 1. The summed E-state index contributed by atoms with van der Waals surface area (Å²) in [6.45, 7) is 17.7. The van der Waals surface area contributed by atoms with E-state index in [1.54, 1.807) is 0 Å². The molecule has 28 heavy (non-hydrogen) atoms. The fourth-order valence-electron chi connectivity index (χ4n) is 4.33. The monoisotopic (exact) mass is 380 g/mol. The molecule has 1 N–H and O–H groups in total. The molecule has 5 nitrogen and oxygen atoms in total. The van der Waals surface area contributed by atoms with Gasteiger partial charge in [0.25, 0.3) is 0 Å². The van der Waals surface area contributed by atoms with E-state index < -0.39 is 18.3 Å². The minimum Gasteiger partial charge on any atom is -0.399 e. The van der Waals surface area contributed by atoms with E-state index in [-0.39, 0.29) is 6.10 Å². The maximum Gasteiger partial charge on any atom is 0.496 e. The second-order valence-electron chi connectivity index (χ2n) is 9.31. The van der Waals surface area contributed by atoms with Crippen LogP contribution in [0.15, 0.2) is 18.3 Å². The first-order valence-corrected chi connectivity index (χ1v) is 10.2. The third-order valence-electron chi connectivity index (χ3n) is 6.87. The standard InChI is InChI=1S/C22H29BN2O3/c1-14-11-20-17(12-19(14)24-6)18(23-27-21(2,3)22(4,5)28-23)13-25(20)15-7-9-16(26)10-8-15/h11-13,15-16,26H,7-10H2,1-5H3. The Bertz CT molecular complexity index is 933. The van der Waals surface area contributed by atoms with E-state index in [2.05, 4.69) is 49.4 Å². The molecule has 0 atom stereocenters. The van der Waals surface area contributed by atoms with E-state index in [0.29, 0.717) is 11.7 Å². The van der Waals surface area contributed by atoms with Gasteiger partial charge in [0.15, 0.2) is 5.69 Å². The van der Waals surface area contributed by atoms with Crippen molar-refractivity contribution in [2.24, 2.45) is 0 Å². The van der Waals surface area contributed by atoms with E-state index in [1.807, 2.05) is 13.0 Å². The van der Waals surface area contributed by atoms with Crippen LogP contribution in [0.1, 0.15) is 65.0 Å². The SMILES string of the molecule is [C-]#[N+]c1cc2c(B3OC(C)(C)C(C)(C)O3)cn(C3CCC(O)CC3)c2cc1C. The van der Waals surface area contributed by atoms with Crippen molar-refractivity contribution < 1.29 is 14.4 Å². The molecule has 148 valence electrons.